The molecule has 0 aliphatic heterocycles. The van der Waals surface area contributed by atoms with Crippen LogP contribution in [0.15, 0.2) is 18.2 Å². The minimum Gasteiger partial charge on any atom is -0.326 e. The molecular weight excluding hydrogens is 230 g/mol. The smallest absolute Gasteiger partial charge is 0.224 e. The maximum Gasteiger partial charge on any atom is 0.224 e. The number of rotatable bonds is 4. The monoisotopic (exact) mass is 249 g/mol. The number of aryl methyl sites for hydroxylation is 1. The summed E-state index contributed by atoms with van der Waals surface area (Å²) in [6.45, 7) is 4.09. The summed E-state index contributed by atoms with van der Waals surface area (Å²) in [5, 5.41) is 3.01. The molecule has 0 saturated heterocycles. The highest BCUT2D eigenvalue weighted by molar-refractivity contribution is 7.80. The van der Waals surface area contributed by atoms with Gasteiger partial charge in [0, 0.05) is 12.1 Å². The van der Waals surface area contributed by atoms with Crippen LogP contribution in [0.3, 0.4) is 0 Å². The van der Waals surface area contributed by atoms with Crippen molar-refractivity contribution in [3.63, 3.8) is 0 Å². The zero-order chi connectivity index (χ0) is 12.5. The van der Waals surface area contributed by atoms with E-state index in [0.717, 1.165) is 29.8 Å². The Morgan fingerprint density at radius 2 is 2.12 bits per heavy atom. The molecule has 3 heteroatoms. The van der Waals surface area contributed by atoms with Gasteiger partial charge in [-0.25, -0.2) is 0 Å². The van der Waals surface area contributed by atoms with E-state index in [4.69, 9.17) is 0 Å². The van der Waals surface area contributed by atoms with Crippen LogP contribution in [0.5, 0.6) is 0 Å². The first kappa shape index (κ1) is 12.5. The van der Waals surface area contributed by atoms with E-state index in [0.29, 0.717) is 6.42 Å². The summed E-state index contributed by atoms with van der Waals surface area (Å²) in [4.78, 5) is 11.9. The van der Waals surface area contributed by atoms with Crippen molar-refractivity contribution in [2.24, 2.45) is 5.41 Å². The molecule has 1 aliphatic carbocycles. The van der Waals surface area contributed by atoms with Crippen molar-refractivity contribution in [1.29, 1.82) is 0 Å². The van der Waals surface area contributed by atoms with Gasteiger partial charge in [0.1, 0.15) is 0 Å². The molecule has 1 fully saturated rings. The average molecular weight is 249 g/mol. The van der Waals surface area contributed by atoms with Gasteiger partial charge in [-0.15, -0.1) is 0 Å². The van der Waals surface area contributed by atoms with Crippen LogP contribution in [0.25, 0.3) is 0 Å². The first-order valence-corrected chi connectivity index (χ1v) is 6.66. The molecule has 0 unspecified atom stereocenters. The summed E-state index contributed by atoms with van der Waals surface area (Å²) >= 11 is 4.32. The molecule has 1 aromatic carbocycles. The van der Waals surface area contributed by atoms with Crippen molar-refractivity contribution in [1.82, 2.24) is 0 Å². The Hall–Kier alpha value is -0.960. The standard InChI is InChI=1S/C14H19NOS/c1-10-4-3-5-12(11(10)2)15-13(16)8-14(9-17)6-7-14/h3-5,17H,6-9H2,1-2H3,(H,15,16). The number of benzene rings is 1. The molecule has 0 heterocycles. The SMILES string of the molecule is Cc1cccc(NC(=O)CC2(CS)CC2)c1C. The Morgan fingerprint density at radius 3 is 2.71 bits per heavy atom. The highest BCUT2D eigenvalue weighted by atomic mass is 32.1. The van der Waals surface area contributed by atoms with Gasteiger partial charge < -0.3 is 5.32 Å². The largest absolute Gasteiger partial charge is 0.326 e. The van der Waals surface area contributed by atoms with Crippen molar-refractivity contribution in [3.8, 4) is 0 Å². The lowest BCUT2D eigenvalue weighted by Crippen LogP contribution is -2.18. The van der Waals surface area contributed by atoms with Crippen molar-refractivity contribution in [2.45, 2.75) is 33.1 Å². The second-order valence-electron chi connectivity index (χ2n) is 5.13. The predicted molar refractivity (Wildman–Crippen MR) is 74.7 cm³/mol. The number of carbonyl (C=O) groups is 1. The molecule has 92 valence electrons. The van der Waals surface area contributed by atoms with Gasteiger partial charge >= 0.3 is 0 Å². The van der Waals surface area contributed by atoms with Gasteiger partial charge in [-0.05, 0) is 55.1 Å². The lowest BCUT2D eigenvalue weighted by Gasteiger charge is -2.14. The molecule has 0 bridgehead atoms. The second kappa shape index (κ2) is 4.73. The molecule has 17 heavy (non-hydrogen) atoms. The van der Waals surface area contributed by atoms with Crippen molar-refractivity contribution < 1.29 is 4.79 Å². The molecule has 1 aromatic rings. The van der Waals surface area contributed by atoms with E-state index in [2.05, 4.69) is 30.9 Å². The van der Waals surface area contributed by atoms with E-state index in [1.165, 1.54) is 5.56 Å². The average Bonchev–Trinajstić information content (AvgIpc) is 3.05. The Kier molecular flexibility index (Phi) is 3.48. The van der Waals surface area contributed by atoms with Gasteiger partial charge in [0.05, 0.1) is 0 Å². The Bertz CT molecular complexity index is 438. The van der Waals surface area contributed by atoms with Gasteiger partial charge in [0.25, 0.3) is 0 Å². The molecule has 2 rings (SSSR count). The number of nitrogens with one attached hydrogen (secondary N) is 1. The summed E-state index contributed by atoms with van der Waals surface area (Å²) in [5.41, 5.74) is 3.48. The number of hydrogen-bond acceptors (Lipinski definition) is 2. The third-order valence-corrected chi connectivity index (χ3v) is 4.38. The lowest BCUT2D eigenvalue weighted by molar-refractivity contribution is -0.117. The fraction of sp³-hybridized carbons (Fsp3) is 0.500. The second-order valence-corrected chi connectivity index (χ2v) is 5.45. The summed E-state index contributed by atoms with van der Waals surface area (Å²) < 4.78 is 0. The maximum atomic E-state index is 11.9. The van der Waals surface area contributed by atoms with E-state index < -0.39 is 0 Å². The lowest BCUT2D eigenvalue weighted by atomic mass is 10.0. The van der Waals surface area contributed by atoms with Crippen LogP contribution in [-0.2, 0) is 4.79 Å². The highest BCUT2D eigenvalue weighted by Crippen LogP contribution is 2.49. The van der Waals surface area contributed by atoms with Crippen LogP contribution >= 0.6 is 12.6 Å². The zero-order valence-corrected chi connectivity index (χ0v) is 11.3. The third kappa shape index (κ3) is 2.83. The molecule has 2 nitrogen and oxygen atoms in total. The summed E-state index contributed by atoms with van der Waals surface area (Å²) in [6.07, 6.45) is 2.87. The van der Waals surface area contributed by atoms with E-state index >= 15 is 0 Å². The van der Waals surface area contributed by atoms with Crippen molar-refractivity contribution in [3.05, 3.63) is 29.3 Å². The first-order valence-electron chi connectivity index (χ1n) is 6.03. The van der Waals surface area contributed by atoms with Crippen LogP contribution in [0.1, 0.15) is 30.4 Å². The van der Waals surface area contributed by atoms with Crippen LogP contribution in [0.2, 0.25) is 0 Å². The third-order valence-electron chi connectivity index (χ3n) is 3.71. The highest BCUT2D eigenvalue weighted by Gasteiger charge is 2.42. The van der Waals surface area contributed by atoms with E-state index in [-0.39, 0.29) is 11.3 Å². The molecule has 1 saturated carbocycles. The Labute approximate surface area is 108 Å². The predicted octanol–water partition coefficient (Wildman–Crippen LogP) is 3.34. The fourth-order valence-electron chi connectivity index (χ4n) is 1.99. The van der Waals surface area contributed by atoms with Crippen LogP contribution in [-0.4, -0.2) is 11.7 Å². The molecule has 0 atom stereocenters. The van der Waals surface area contributed by atoms with Gasteiger partial charge in [0.2, 0.25) is 5.91 Å². The van der Waals surface area contributed by atoms with E-state index in [1.54, 1.807) is 0 Å². The van der Waals surface area contributed by atoms with Gasteiger partial charge in [-0.3, -0.25) is 4.79 Å². The zero-order valence-electron chi connectivity index (χ0n) is 10.4. The number of thiol groups is 1. The van der Waals surface area contributed by atoms with E-state index in [1.807, 2.05) is 19.1 Å². The van der Waals surface area contributed by atoms with Crippen LogP contribution in [0, 0.1) is 19.3 Å². The number of amides is 1. The minimum absolute atomic E-state index is 0.116. The quantitative estimate of drug-likeness (QED) is 0.787. The Balaban J connectivity index is 2.01. The molecule has 0 radical (unpaired) electrons. The molecule has 0 aromatic heterocycles. The normalized spacial score (nSPS) is 16.6. The molecule has 1 aliphatic rings. The molecule has 0 spiro atoms. The summed E-state index contributed by atoms with van der Waals surface area (Å²) in [7, 11) is 0. The van der Waals surface area contributed by atoms with Crippen molar-refractivity contribution >= 4 is 24.2 Å². The summed E-state index contributed by atoms with van der Waals surface area (Å²) in [5.74, 6) is 0.929. The molecule has 1 amide bonds. The number of hydrogen-bond donors (Lipinski definition) is 2. The number of carbonyl (C=O) groups excluding carboxylic acids is 1. The van der Waals surface area contributed by atoms with Gasteiger partial charge in [-0.1, -0.05) is 12.1 Å². The molecular formula is C14H19NOS. The topological polar surface area (TPSA) is 29.1 Å². The molecule has 1 N–H and O–H groups in total. The van der Waals surface area contributed by atoms with Gasteiger partial charge in [0.15, 0.2) is 0 Å². The van der Waals surface area contributed by atoms with E-state index in [9.17, 15) is 4.79 Å². The van der Waals surface area contributed by atoms with Crippen LogP contribution in [0.4, 0.5) is 5.69 Å². The van der Waals surface area contributed by atoms with Crippen LogP contribution < -0.4 is 5.32 Å². The first-order chi connectivity index (χ1) is 8.06. The minimum atomic E-state index is 0.116. The summed E-state index contributed by atoms with van der Waals surface area (Å²) in [6, 6.07) is 5.99. The number of anilines is 1. The Morgan fingerprint density at radius 1 is 1.41 bits per heavy atom. The van der Waals surface area contributed by atoms with Gasteiger partial charge in [-0.2, -0.15) is 12.6 Å². The van der Waals surface area contributed by atoms with Crippen molar-refractivity contribution in [2.75, 3.05) is 11.1 Å². The fourth-order valence-corrected chi connectivity index (χ4v) is 2.42. The maximum absolute atomic E-state index is 11.9.